The number of benzene rings is 1. The molecule has 1 aromatic carbocycles. The largest absolute Gasteiger partial charge is 0.320 e. The van der Waals surface area contributed by atoms with E-state index >= 15 is 0 Å². The van der Waals surface area contributed by atoms with Crippen LogP contribution in [0.25, 0.3) is 0 Å². The van der Waals surface area contributed by atoms with Gasteiger partial charge < -0.3 is 5.21 Å². The van der Waals surface area contributed by atoms with Crippen LogP contribution >= 0.6 is 12.4 Å². The van der Waals surface area contributed by atoms with E-state index in [4.69, 9.17) is 5.21 Å². The number of aryl methyl sites for hydroxylation is 1. The van der Waals surface area contributed by atoms with Gasteiger partial charge in [-0.05, 0) is 19.1 Å². The van der Waals surface area contributed by atoms with Gasteiger partial charge in [0.25, 0.3) is 5.69 Å². The van der Waals surface area contributed by atoms with Crippen molar-refractivity contribution >= 4 is 24.4 Å². The molecule has 0 atom stereocenters. The van der Waals surface area contributed by atoms with E-state index in [2.05, 4.69) is 5.90 Å². The summed E-state index contributed by atoms with van der Waals surface area (Å²) in [6.07, 6.45) is 0.663. The van der Waals surface area contributed by atoms with Gasteiger partial charge in [-0.1, -0.05) is 0 Å². The highest BCUT2D eigenvalue weighted by atomic mass is 35.5. The van der Waals surface area contributed by atoms with Crippen molar-refractivity contribution in [2.24, 2.45) is 5.90 Å². The minimum absolute atomic E-state index is 0. The molecule has 0 saturated heterocycles. The molecule has 15 heavy (non-hydrogen) atoms. The second-order valence-corrected chi connectivity index (χ2v) is 2.42. The molecule has 84 valence electrons. The zero-order valence-electron chi connectivity index (χ0n) is 7.91. The monoisotopic (exact) mass is 234 g/mol. The third-order valence-corrected chi connectivity index (χ3v) is 1.55. The van der Waals surface area contributed by atoms with Crippen molar-refractivity contribution < 1.29 is 14.9 Å². The molecule has 0 aromatic heterocycles. The van der Waals surface area contributed by atoms with Crippen molar-refractivity contribution in [1.29, 1.82) is 0 Å². The standard InChI is InChI=1S/C8H7NO3.ClH.H3NO/c1-6-4-7(5-10)2-3-8(6)9(11)12;;1-2/h2-5H,1H3;1H;2H,1H2. The molecule has 0 amide bonds. The summed E-state index contributed by atoms with van der Waals surface area (Å²) in [4.78, 5) is 20.1. The number of nitro benzene ring substituents is 1. The average molecular weight is 235 g/mol. The van der Waals surface area contributed by atoms with Gasteiger partial charge in [-0.3, -0.25) is 14.9 Å². The Balaban J connectivity index is 0. The summed E-state index contributed by atoms with van der Waals surface area (Å²) in [5, 5.41) is 16.8. The lowest BCUT2D eigenvalue weighted by molar-refractivity contribution is -0.385. The number of hydrogen-bond donors (Lipinski definition) is 2. The van der Waals surface area contributed by atoms with Crippen LogP contribution in [0.15, 0.2) is 18.2 Å². The van der Waals surface area contributed by atoms with Gasteiger partial charge in [0, 0.05) is 17.2 Å². The highest BCUT2D eigenvalue weighted by Gasteiger charge is 2.08. The normalized spacial score (nSPS) is 7.93. The highest BCUT2D eigenvalue weighted by molar-refractivity contribution is 5.85. The number of rotatable bonds is 2. The van der Waals surface area contributed by atoms with Gasteiger partial charge in [0.1, 0.15) is 6.29 Å². The Morgan fingerprint density at radius 1 is 1.47 bits per heavy atom. The van der Waals surface area contributed by atoms with Crippen LogP contribution in [0.3, 0.4) is 0 Å². The predicted octanol–water partition coefficient (Wildman–Crippen LogP) is 1.47. The van der Waals surface area contributed by atoms with E-state index in [9.17, 15) is 14.9 Å². The second kappa shape index (κ2) is 7.86. The molecule has 0 saturated carbocycles. The van der Waals surface area contributed by atoms with Crippen LogP contribution in [-0.4, -0.2) is 16.4 Å². The number of halogens is 1. The van der Waals surface area contributed by atoms with Crippen molar-refractivity contribution in [3.8, 4) is 0 Å². The molecule has 0 bridgehead atoms. The summed E-state index contributed by atoms with van der Waals surface area (Å²) >= 11 is 0. The molecular formula is C8H11ClN2O4. The van der Waals surface area contributed by atoms with Crippen molar-refractivity contribution in [1.82, 2.24) is 0 Å². The molecule has 0 aliphatic heterocycles. The summed E-state index contributed by atoms with van der Waals surface area (Å²) in [5.41, 5.74) is 1.00. The number of hydrogen-bond acceptors (Lipinski definition) is 5. The van der Waals surface area contributed by atoms with Crippen molar-refractivity contribution in [3.63, 3.8) is 0 Å². The number of aldehydes is 1. The Morgan fingerprint density at radius 3 is 2.33 bits per heavy atom. The van der Waals surface area contributed by atoms with Crippen LogP contribution in [0.5, 0.6) is 0 Å². The lowest BCUT2D eigenvalue weighted by atomic mass is 10.1. The number of nitrogens with zero attached hydrogens (tertiary/aromatic N) is 1. The van der Waals surface area contributed by atoms with Crippen molar-refractivity contribution in [2.45, 2.75) is 6.92 Å². The van der Waals surface area contributed by atoms with Crippen molar-refractivity contribution in [2.75, 3.05) is 0 Å². The molecule has 0 aliphatic rings. The fraction of sp³-hybridized carbons (Fsp3) is 0.125. The van der Waals surface area contributed by atoms with Gasteiger partial charge in [0.15, 0.2) is 0 Å². The van der Waals surface area contributed by atoms with Gasteiger partial charge in [0.05, 0.1) is 4.92 Å². The molecule has 6 nitrogen and oxygen atoms in total. The molecule has 3 N–H and O–H groups in total. The Hall–Kier alpha value is -1.50. The number of nitrogens with two attached hydrogens (primary N) is 1. The first kappa shape index (κ1) is 15.9. The van der Waals surface area contributed by atoms with E-state index in [0.29, 0.717) is 17.4 Å². The Bertz CT molecular complexity index is 343. The summed E-state index contributed by atoms with van der Waals surface area (Å²) in [6, 6.07) is 4.25. The van der Waals surface area contributed by atoms with Crippen molar-refractivity contribution in [3.05, 3.63) is 39.4 Å². The smallest absolute Gasteiger partial charge is 0.272 e. The van der Waals surface area contributed by atoms with E-state index in [1.165, 1.54) is 18.2 Å². The van der Waals surface area contributed by atoms with Crippen LogP contribution in [0.2, 0.25) is 0 Å². The zero-order chi connectivity index (χ0) is 11.1. The maximum atomic E-state index is 10.3. The molecule has 0 fully saturated rings. The van der Waals surface area contributed by atoms with Crippen LogP contribution < -0.4 is 5.90 Å². The minimum atomic E-state index is -0.468. The third kappa shape index (κ3) is 4.50. The van der Waals surface area contributed by atoms with Crippen LogP contribution in [0.4, 0.5) is 5.69 Å². The summed E-state index contributed by atoms with van der Waals surface area (Å²) in [5.74, 6) is 3.50. The number of carbonyl (C=O) groups excluding carboxylic acids is 1. The lowest BCUT2D eigenvalue weighted by Crippen LogP contribution is -1.92. The molecular weight excluding hydrogens is 224 g/mol. The number of carbonyl (C=O) groups is 1. The van der Waals surface area contributed by atoms with E-state index in [1.54, 1.807) is 6.92 Å². The van der Waals surface area contributed by atoms with Gasteiger partial charge >= 0.3 is 0 Å². The maximum Gasteiger partial charge on any atom is 0.272 e. The summed E-state index contributed by atoms with van der Waals surface area (Å²) in [7, 11) is 0. The van der Waals surface area contributed by atoms with Gasteiger partial charge in [0.2, 0.25) is 0 Å². The van der Waals surface area contributed by atoms with Gasteiger partial charge in [-0.25, -0.2) is 5.90 Å². The molecule has 0 unspecified atom stereocenters. The summed E-state index contributed by atoms with van der Waals surface area (Å²) in [6.45, 7) is 1.60. The minimum Gasteiger partial charge on any atom is -0.320 e. The first-order valence-corrected chi connectivity index (χ1v) is 3.61. The Kier molecular flexibility index (Phi) is 8.36. The molecule has 1 rings (SSSR count). The topological polar surface area (TPSA) is 106 Å². The maximum absolute atomic E-state index is 10.3. The van der Waals surface area contributed by atoms with E-state index in [1.807, 2.05) is 0 Å². The first-order chi connectivity index (χ1) is 6.65. The van der Waals surface area contributed by atoms with Gasteiger partial charge in [-0.15, -0.1) is 12.4 Å². The molecule has 0 aliphatic carbocycles. The fourth-order valence-corrected chi connectivity index (χ4v) is 0.957. The third-order valence-electron chi connectivity index (χ3n) is 1.55. The highest BCUT2D eigenvalue weighted by Crippen LogP contribution is 2.17. The van der Waals surface area contributed by atoms with Crippen LogP contribution in [0, 0.1) is 17.0 Å². The molecule has 0 radical (unpaired) electrons. The van der Waals surface area contributed by atoms with Crippen LogP contribution in [0.1, 0.15) is 15.9 Å². The molecule has 0 spiro atoms. The average Bonchev–Trinajstić information content (AvgIpc) is 2.20. The van der Waals surface area contributed by atoms with E-state index in [-0.39, 0.29) is 18.1 Å². The second-order valence-electron chi connectivity index (χ2n) is 2.42. The fourth-order valence-electron chi connectivity index (χ4n) is 0.957. The molecule has 7 heteroatoms. The molecule has 0 heterocycles. The van der Waals surface area contributed by atoms with E-state index < -0.39 is 4.92 Å². The first-order valence-electron chi connectivity index (χ1n) is 3.61. The van der Waals surface area contributed by atoms with E-state index in [0.717, 1.165) is 0 Å². The zero-order valence-corrected chi connectivity index (χ0v) is 8.73. The van der Waals surface area contributed by atoms with Crippen LogP contribution in [-0.2, 0) is 0 Å². The van der Waals surface area contributed by atoms with Gasteiger partial charge in [-0.2, -0.15) is 0 Å². The predicted molar refractivity (Wildman–Crippen MR) is 56.4 cm³/mol. The quantitative estimate of drug-likeness (QED) is 0.458. The molecule has 1 aromatic rings. The Labute approximate surface area is 92.2 Å². The number of nitro groups is 1. The lowest BCUT2D eigenvalue weighted by Gasteiger charge is -1.96. The SMILES string of the molecule is Cc1cc(C=O)ccc1[N+](=O)[O-].Cl.NO. The Morgan fingerprint density at radius 2 is 2.00 bits per heavy atom. The summed E-state index contributed by atoms with van der Waals surface area (Å²) < 4.78 is 0.